The summed E-state index contributed by atoms with van der Waals surface area (Å²) < 4.78 is 5.25. The Morgan fingerprint density at radius 1 is 1.43 bits per heavy atom. The van der Waals surface area contributed by atoms with E-state index in [2.05, 4.69) is 18.7 Å². The van der Waals surface area contributed by atoms with Crippen LogP contribution >= 0.6 is 0 Å². The molecule has 0 radical (unpaired) electrons. The van der Waals surface area contributed by atoms with E-state index < -0.39 is 0 Å². The van der Waals surface area contributed by atoms with Crippen molar-refractivity contribution >= 4 is 0 Å². The van der Waals surface area contributed by atoms with Crippen LogP contribution < -0.4 is 0 Å². The van der Waals surface area contributed by atoms with Crippen molar-refractivity contribution < 1.29 is 9.84 Å². The number of aliphatic hydroxyl groups is 1. The molecule has 1 unspecified atom stereocenters. The summed E-state index contributed by atoms with van der Waals surface area (Å²) in [5.41, 5.74) is 0. The van der Waals surface area contributed by atoms with Gasteiger partial charge in [-0.05, 0) is 24.8 Å². The zero-order valence-electron chi connectivity index (χ0n) is 9.41. The quantitative estimate of drug-likeness (QED) is 0.650. The molecule has 0 spiro atoms. The lowest BCUT2D eigenvalue weighted by molar-refractivity contribution is 0.0771. The minimum absolute atomic E-state index is 0.134. The molecule has 3 nitrogen and oxygen atoms in total. The number of hydrogen-bond acceptors (Lipinski definition) is 3. The summed E-state index contributed by atoms with van der Waals surface area (Å²) in [5, 5.41) is 8.53. The predicted octanol–water partition coefficient (Wildman–Crippen LogP) is 0.973. The van der Waals surface area contributed by atoms with Crippen LogP contribution in [0, 0.1) is 11.8 Å². The smallest absolute Gasteiger partial charge is 0.0698 e. The minimum Gasteiger partial charge on any atom is -0.394 e. The van der Waals surface area contributed by atoms with Crippen LogP contribution in [-0.2, 0) is 4.74 Å². The lowest BCUT2D eigenvalue weighted by Gasteiger charge is -2.17. The van der Waals surface area contributed by atoms with E-state index in [9.17, 15) is 0 Å². The van der Waals surface area contributed by atoms with Gasteiger partial charge in [0.05, 0.1) is 19.8 Å². The van der Waals surface area contributed by atoms with Gasteiger partial charge < -0.3 is 14.7 Å². The molecular weight excluding hydrogens is 178 g/mol. The van der Waals surface area contributed by atoms with E-state index in [0.29, 0.717) is 6.61 Å². The fourth-order valence-corrected chi connectivity index (χ4v) is 1.97. The van der Waals surface area contributed by atoms with Gasteiger partial charge in [-0.3, -0.25) is 0 Å². The fraction of sp³-hybridized carbons (Fsp3) is 1.00. The Morgan fingerprint density at radius 2 is 2.21 bits per heavy atom. The second-order valence-corrected chi connectivity index (χ2v) is 4.43. The second-order valence-electron chi connectivity index (χ2n) is 4.43. The highest BCUT2D eigenvalue weighted by atomic mass is 16.5. The normalized spacial score (nSPS) is 23.6. The monoisotopic (exact) mass is 201 g/mol. The van der Waals surface area contributed by atoms with E-state index in [-0.39, 0.29) is 6.61 Å². The molecule has 1 N–H and O–H groups in total. The lowest BCUT2D eigenvalue weighted by Crippen LogP contribution is -2.26. The standard InChI is InChI=1S/C11H23NO2/c1-10(2)11-3-4-12(9-11)5-7-14-8-6-13/h10-11,13H,3-9H2,1-2H3. The molecule has 1 aliphatic heterocycles. The molecule has 0 aromatic heterocycles. The summed E-state index contributed by atoms with van der Waals surface area (Å²) >= 11 is 0. The Labute approximate surface area is 87.1 Å². The second kappa shape index (κ2) is 6.38. The third-order valence-corrected chi connectivity index (χ3v) is 3.04. The molecule has 0 saturated carbocycles. The number of nitrogens with zero attached hydrogens (tertiary/aromatic N) is 1. The van der Waals surface area contributed by atoms with Gasteiger partial charge in [-0.25, -0.2) is 0 Å². The number of aliphatic hydroxyl groups excluding tert-OH is 1. The van der Waals surface area contributed by atoms with Crippen molar-refractivity contribution in [2.45, 2.75) is 20.3 Å². The first-order chi connectivity index (χ1) is 6.74. The Bertz CT molecular complexity index is 150. The zero-order chi connectivity index (χ0) is 10.4. The zero-order valence-corrected chi connectivity index (χ0v) is 9.41. The number of likely N-dealkylation sites (tertiary alicyclic amines) is 1. The Balaban J connectivity index is 2.04. The molecule has 14 heavy (non-hydrogen) atoms. The first kappa shape index (κ1) is 12.0. The molecule has 1 aliphatic rings. The van der Waals surface area contributed by atoms with Crippen molar-refractivity contribution in [3.05, 3.63) is 0 Å². The van der Waals surface area contributed by atoms with Crippen molar-refractivity contribution in [2.75, 3.05) is 39.5 Å². The SMILES string of the molecule is CC(C)C1CCN(CCOCCO)C1. The molecular formula is C11H23NO2. The number of hydrogen-bond donors (Lipinski definition) is 1. The third-order valence-electron chi connectivity index (χ3n) is 3.04. The third kappa shape index (κ3) is 3.95. The van der Waals surface area contributed by atoms with Crippen LogP contribution in [0.3, 0.4) is 0 Å². The molecule has 0 bridgehead atoms. The maximum absolute atomic E-state index is 8.53. The van der Waals surface area contributed by atoms with Crippen molar-refractivity contribution in [3.8, 4) is 0 Å². The molecule has 1 saturated heterocycles. The maximum Gasteiger partial charge on any atom is 0.0698 e. The molecule has 3 heteroatoms. The van der Waals surface area contributed by atoms with Gasteiger partial charge in [-0.2, -0.15) is 0 Å². The molecule has 0 aromatic carbocycles. The van der Waals surface area contributed by atoms with Gasteiger partial charge in [0.1, 0.15) is 0 Å². The summed E-state index contributed by atoms with van der Waals surface area (Å²) in [6, 6.07) is 0. The van der Waals surface area contributed by atoms with Gasteiger partial charge in [0.15, 0.2) is 0 Å². The van der Waals surface area contributed by atoms with Crippen LogP contribution in [0.2, 0.25) is 0 Å². The molecule has 84 valence electrons. The average Bonchev–Trinajstić information content (AvgIpc) is 2.61. The maximum atomic E-state index is 8.53. The molecule has 0 amide bonds. The van der Waals surface area contributed by atoms with Crippen LogP contribution in [-0.4, -0.2) is 49.5 Å². The molecule has 1 fully saturated rings. The Hall–Kier alpha value is -0.120. The molecule has 0 aromatic rings. The van der Waals surface area contributed by atoms with Gasteiger partial charge in [0, 0.05) is 13.1 Å². The van der Waals surface area contributed by atoms with Crippen LogP contribution in [0.4, 0.5) is 0 Å². The van der Waals surface area contributed by atoms with Crippen molar-refractivity contribution in [3.63, 3.8) is 0 Å². The molecule has 1 heterocycles. The van der Waals surface area contributed by atoms with Crippen LogP contribution in [0.25, 0.3) is 0 Å². The predicted molar refractivity (Wildman–Crippen MR) is 57.3 cm³/mol. The van der Waals surface area contributed by atoms with Gasteiger partial charge >= 0.3 is 0 Å². The van der Waals surface area contributed by atoms with Gasteiger partial charge in [-0.1, -0.05) is 13.8 Å². The largest absolute Gasteiger partial charge is 0.394 e. The highest BCUT2D eigenvalue weighted by Gasteiger charge is 2.23. The van der Waals surface area contributed by atoms with Crippen molar-refractivity contribution in [1.82, 2.24) is 4.90 Å². The van der Waals surface area contributed by atoms with E-state index in [0.717, 1.165) is 25.0 Å². The Kier molecular flexibility index (Phi) is 5.45. The van der Waals surface area contributed by atoms with E-state index in [1.165, 1.54) is 19.5 Å². The molecule has 1 rings (SSSR count). The Morgan fingerprint density at radius 3 is 2.79 bits per heavy atom. The first-order valence-electron chi connectivity index (χ1n) is 5.65. The van der Waals surface area contributed by atoms with E-state index in [1.54, 1.807) is 0 Å². The van der Waals surface area contributed by atoms with Gasteiger partial charge in [0.2, 0.25) is 0 Å². The van der Waals surface area contributed by atoms with E-state index >= 15 is 0 Å². The van der Waals surface area contributed by atoms with Crippen LogP contribution in [0.1, 0.15) is 20.3 Å². The van der Waals surface area contributed by atoms with Gasteiger partial charge in [0.25, 0.3) is 0 Å². The fourth-order valence-electron chi connectivity index (χ4n) is 1.97. The van der Waals surface area contributed by atoms with Crippen LogP contribution in [0.15, 0.2) is 0 Å². The summed E-state index contributed by atoms with van der Waals surface area (Å²) in [5.74, 6) is 1.67. The van der Waals surface area contributed by atoms with Crippen LogP contribution in [0.5, 0.6) is 0 Å². The minimum atomic E-state index is 0.134. The summed E-state index contributed by atoms with van der Waals surface area (Å²) in [7, 11) is 0. The number of rotatable bonds is 6. The topological polar surface area (TPSA) is 32.7 Å². The molecule has 1 atom stereocenters. The molecule has 0 aliphatic carbocycles. The van der Waals surface area contributed by atoms with E-state index in [4.69, 9.17) is 9.84 Å². The highest BCUT2D eigenvalue weighted by molar-refractivity contribution is 4.77. The summed E-state index contributed by atoms with van der Waals surface area (Å²) in [6.07, 6.45) is 1.33. The summed E-state index contributed by atoms with van der Waals surface area (Å²) in [6.45, 7) is 9.42. The van der Waals surface area contributed by atoms with Crippen molar-refractivity contribution in [2.24, 2.45) is 11.8 Å². The first-order valence-corrected chi connectivity index (χ1v) is 5.65. The van der Waals surface area contributed by atoms with E-state index in [1.807, 2.05) is 0 Å². The average molecular weight is 201 g/mol. The van der Waals surface area contributed by atoms with Gasteiger partial charge in [-0.15, -0.1) is 0 Å². The number of ether oxygens (including phenoxy) is 1. The highest BCUT2D eigenvalue weighted by Crippen LogP contribution is 2.22. The lowest BCUT2D eigenvalue weighted by atomic mass is 9.95. The van der Waals surface area contributed by atoms with Crippen molar-refractivity contribution in [1.29, 1.82) is 0 Å². The summed E-state index contributed by atoms with van der Waals surface area (Å²) in [4.78, 5) is 2.46.